The highest BCUT2D eigenvalue weighted by Crippen LogP contribution is 2.11. The molecule has 0 atom stereocenters. The molecule has 112 valence electrons. The Bertz CT molecular complexity index is 746. The molecule has 0 spiro atoms. The van der Waals surface area contributed by atoms with Gasteiger partial charge in [0.25, 0.3) is 11.8 Å². The number of nitrogens with one attached hydrogen (secondary N) is 2. The number of aromatic carboxylic acids is 1. The lowest BCUT2D eigenvalue weighted by Gasteiger charge is -2.11. The molecule has 0 heterocycles. The second-order valence-electron chi connectivity index (χ2n) is 4.25. The van der Waals surface area contributed by atoms with Crippen LogP contribution >= 0.6 is 15.9 Å². The maximum Gasteiger partial charge on any atom is 0.270 e. The Hall–Kier alpha value is -2.67. The van der Waals surface area contributed by atoms with Gasteiger partial charge in [0.15, 0.2) is 0 Å². The molecule has 6 nitrogen and oxygen atoms in total. The second-order valence-corrected chi connectivity index (χ2v) is 5.17. The molecule has 0 radical (unpaired) electrons. The quantitative estimate of drug-likeness (QED) is 0.793. The van der Waals surface area contributed by atoms with E-state index in [1.807, 2.05) is 0 Å². The predicted octanol–water partition coefficient (Wildman–Crippen LogP) is 0.887. The normalized spacial score (nSPS) is 9.86. The third-order valence-corrected chi connectivity index (χ3v) is 3.26. The number of carboxylic acid groups (broad SMARTS) is 1. The third kappa shape index (κ3) is 3.70. The number of hydrogen-bond acceptors (Lipinski definition) is 4. The molecular formula is C15H10BrN2O4-. The van der Waals surface area contributed by atoms with Gasteiger partial charge in [0.2, 0.25) is 0 Å². The van der Waals surface area contributed by atoms with Gasteiger partial charge in [-0.25, -0.2) is 0 Å². The van der Waals surface area contributed by atoms with Crippen LogP contribution in [0, 0.1) is 0 Å². The topological polar surface area (TPSA) is 98.3 Å². The molecule has 0 aliphatic rings. The minimum absolute atomic E-state index is 0.1000. The average molecular weight is 362 g/mol. The van der Waals surface area contributed by atoms with E-state index in [2.05, 4.69) is 26.8 Å². The third-order valence-electron chi connectivity index (χ3n) is 2.77. The highest BCUT2D eigenvalue weighted by atomic mass is 79.9. The molecule has 0 saturated carbocycles. The standard InChI is InChI=1S/C15H11BrN2O4/c16-10-5-3-4-9(8-10)13(19)17-18-14(20)11-6-1-2-7-12(11)15(21)22/h1-8H,(H,17,19)(H,18,20)(H,21,22)/p-1. The zero-order valence-corrected chi connectivity index (χ0v) is 12.7. The summed E-state index contributed by atoms with van der Waals surface area (Å²) in [6.45, 7) is 0. The summed E-state index contributed by atoms with van der Waals surface area (Å²) in [7, 11) is 0. The van der Waals surface area contributed by atoms with Crippen molar-refractivity contribution in [2.24, 2.45) is 0 Å². The largest absolute Gasteiger partial charge is 0.545 e. The Labute approximate surface area is 134 Å². The van der Waals surface area contributed by atoms with Crippen molar-refractivity contribution in [1.29, 1.82) is 0 Å². The summed E-state index contributed by atoms with van der Waals surface area (Å²) in [6, 6.07) is 12.1. The molecule has 0 aliphatic carbocycles. The van der Waals surface area contributed by atoms with Gasteiger partial charge in [0.05, 0.1) is 11.5 Å². The molecular weight excluding hydrogens is 352 g/mol. The Kier molecular flexibility index (Phi) is 4.90. The Morgan fingerprint density at radius 1 is 0.864 bits per heavy atom. The number of hydrazine groups is 1. The number of amides is 2. The van der Waals surface area contributed by atoms with Crippen molar-refractivity contribution in [2.75, 3.05) is 0 Å². The predicted molar refractivity (Wildman–Crippen MR) is 79.8 cm³/mol. The molecule has 0 fully saturated rings. The fourth-order valence-corrected chi connectivity index (χ4v) is 2.14. The van der Waals surface area contributed by atoms with E-state index >= 15 is 0 Å². The van der Waals surface area contributed by atoms with Crippen LogP contribution in [0.3, 0.4) is 0 Å². The number of halogens is 1. The molecule has 7 heteroatoms. The van der Waals surface area contributed by atoms with Crippen LogP contribution in [-0.2, 0) is 0 Å². The van der Waals surface area contributed by atoms with E-state index in [-0.39, 0.29) is 11.1 Å². The smallest absolute Gasteiger partial charge is 0.270 e. The van der Waals surface area contributed by atoms with Crippen molar-refractivity contribution in [1.82, 2.24) is 10.9 Å². The number of carbonyl (C=O) groups is 3. The number of carbonyl (C=O) groups excluding carboxylic acids is 3. The number of carboxylic acids is 1. The van der Waals surface area contributed by atoms with Crippen molar-refractivity contribution in [3.63, 3.8) is 0 Å². The molecule has 2 rings (SSSR count). The van der Waals surface area contributed by atoms with Gasteiger partial charge in [0, 0.05) is 15.6 Å². The van der Waals surface area contributed by atoms with Crippen LogP contribution in [-0.4, -0.2) is 17.8 Å². The fourth-order valence-electron chi connectivity index (χ4n) is 1.74. The SMILES string of the molecule is O=C(NNC(=O)c1ccccc1C(=O)[O-])c1cccc(Br)c1. The maximum atomic E-state index is 11.9. The summed E-state index contributed by atoms with van der Waals surface area (Å²) in [4.78, 5) is 34.8. The minimum atomic E-state index is -1.47. The van der Waals surface area contributed by atoms with Crippen LogP contribution in [0.2, 0.25) is 0 Å². The van der Waals surface area contributed by atoms with E-state index in [9.17, 15) is 19.5 Å². The summed E-state index contributed by atoms with van der Waals surface area (Å²) >= 11 is 3.23. The highest BCUT2D eigenvalue weighted by molar-refractivity contribution is 9.10. The number of hydrogen-bond donors (Lipinski definition) is 2. The van der Waals surface area contributed by atoms with Crippen LogP contribution in [0.25, 0.3) is 0 Å². The van der Waals surface area contributed by atoms with Crippen molar-refractivity contribution < 1.29 is 19.5 Å². The Morgan fingerprint density at radius 3 is 2.14 bits per heavy atom. The first kappa shape index (κ1) is 15.7. The average Bonchev–Trinajstić information content (AvgIpc) is 2.52. The number of benzene rings is 2. The zero-order chi connectivity index (χ0) is 16.1. The molecule has 2 amide bonds. The lowest BCUT2D eigenvalue weighted by molar-refractivity contribution is -0.255. The van der Waals surface area contributed by atoms with Crippen molar-refractivity contribution in [3.8, 4) is 0 Å². The molecule has 0 aliphatic heterocycles. The first-order valence-corrected chi connectivity index (χ1v) is 6.95. The van der Waals surface area contributed by atoms with Gasteiger partial charge in [-0.2, -0.15) is 0 Å². The van der Waals surface area contributed by atoms with Gasteiger partial charge in [-0.3, -0.25) is 20.4 Å². The summed E-state index contributed by atoms with van der Waals surface area (Å²) in [5.74, 6) is -2.74. The van der Waals surface area contributed by atoms with E-state index in [0.29, 0.717) is 10.0 Å². The van der Waals surface area contributed by atoms with Crippen molar-refractivity contribution >= 4 is 33.7 Å². The van der Waals surface area contributed by atoms with E-state index in [1.54, 1.807) is 24.3 Å². The molecule has 0 unspecified atom stereocenters. The summed E-state index contributed by atoms with van der Waals surface area (Å²) in [6.07, 6.45) is 0. The van der Waals surface area contributed by atoms with Gasteiger partial charge < -0.3 is 9.90 Å². The van der Waals surface area contributed by atoms with Gasteiger partial charge in [-0.05, 0) is 24.3 Å². The monoisotopic (exact) mass is 361 g/mol. The van der Waals surface area contributed by atoms with Crippen LogP contribution < -0.4 is 16.0 Å². The van der Waals surface area contributed by atoms with Gasteiger partial charge in [-0.15, -0.1) is 0 Å². The zero-order valence-electron chi connectivity index (χ0n) is 11.1. The first-order chi connectivity index (χ1) is 10.5. The van der Waals surface area contributed by atoms with E-state index in [4.69, 9.17) is 0 Å². The van der Waals surface area contributed by atoms with Crippen molar-refractivity contribution in [3.05, 3.63) is 69.7 Å². The fraction of sp³-hybridized carbons (Fsp3) is 0. The molecule has 0 aromatic heterocycles. The van der Waals surface area contributed by atoms with Crippen LogP contribution in [0.15, 0.2) is 53.0 Å². The van der Waals surface area contributed by atoms with E-state index in [0.717, 1.165) is 0 Å². The van der Waals surface area contributed by atoms with Crippen molar-refractivity contribution in [2.45, 2.75) is 0 Å². The first-order valence-electron chi connectivity index (χ1n) is 6.15. The summed E-state index contributed by atoms with van der Waals surface area (Å²) in [5, 5.41) is 10.9. The molecule has 2 aromatic carbocycles. The van der Waals surface area contributed by atoms with Gasteiger partial charge in [-0.1, -0.05) is 40.2 Å². The van der Waals surface area contributed by atoms with Gasteiger partial charge >= 0.3 is 0 Å². The van der Waals surface area contributed by atoms with E-state index < -0.39 is 17.8 Å². The molecule has 2 aromatic rings. The summed E-state index contributed by atoms with van der Waals surface area (Å²) < 4.78 is 0.716. The van der Waals surface area contributed by atoms with Crippen LogP contribution in [0.1, 0.15) is 31.1 Å². The molecule has 2 N–H and O–H groups in total. The molecule has 0 bridgehead atoms. The molecule has 22 heavy (non-hydrogen) atoms. The second kappa shape index (κ2) is 6.86. The summed E-state index contributed by atoms with van der Waals surface area (Å²) in [5.41, 5.74) is 4.37. The maximum absolute atomic E-state index is 11.9. The lowest BCUT2D eigenvalue weighted by atomic mass is 10.1. The Balaban J connectivity index is 2.07. The van der Waals surface area contributed by atoms with E-state index in [1.165, 1.54) is 24.3 Å². The number of rotatable bonds is 3. The van der Waals surface area contributed by atoms with Crippen LogP contribution in [0.4, 0.5) is 0 Å². The highest BCUT2D eigenvalue weighted by Gasteiger charge is 2.13. The van der Waals surface area contributed by atoms with Gasteiger partial charge in [0.1, 0.15) is 0 Å². The Morgan fingerprint density at radius 2 is 1.50 bits per heavy atom. The molecule has 0 saturated heterocycles. The minimum Gasteiger partial charge on any atom is -0.545 e. The van der Waals surface area contributed by atoms with Crippen LogP contribution in [0.5, 0.6) is 0 Å². The lowest BCUT2D eigenvalue weighted by Crippen LogP contribution is -2.42.